The molecule has 1 aliphatic rings. The molecule has 1 fully saturated rings. The zero-order valence-corrected chi connectivity index (χ0v) is 13.6. The molecular weight excluding hydrogens is 317 g/mol. The van der Waals surface area contributed by atoms with Gasteiger partial charge in [-0.3, -0.25) is 0 Å². The maximum atomic E-state index is 13.0. The van der Waals surface area contributed by atoms with Crippen LogP contribution >= 0.6 is 0 Å². The molecule has 3 rings (SSSR count). The highest BCUT2D eigenvalue weighted by Gasteiger charge is 2.31. The van der Waals surface area contributed by atoms with Crippen LogP contribution < -0.4 is 0 Å². The normalized spacial score (nSPS) is 19.7. The molecule has 6 heteroatoms. The van der Waals surface area contributed by atoms with E-state index in [0.717, 1.165) is 11.1 Å². The molecule has 4 nitrogen and oxygen atoms in total. The lowest BCUT2D eigenvalue weighted by Crippen LogP contribution is -2.42. The fourth-order valence-corrected chi connectivity index (χ4v) is 4.01. The highest BCUT2D eigenvalue weighted by molar-refractivity contribution is 7.89. The van der Waals surface area contributed by atoms with E-state index in [1.807, 2.05) is 6.92 Å². The lowest BCUT2D eigenvalue weighted by atomic mass is 10.1. The number of halogens is 1. The van der Waals surface area contributed by atoms with Crippen LogP contribution in [0.4, 0.5) is 4.39 Å². The maximum Gasteiger partial charge on any atom is 0.243 e. The molecule has 1 atom stereocenters. The van der Waals surface area contributed by atoms with Gasteiger partial charge in [0.25, 0.3) is 0 Å². The summed E-state index contributed by atoms with van der Waals surface area (Å²) in [6.07, 6.45) is -0.385. The third-order valence-corrected chi connectivity index (χ3v) is 5.81. The Bertz CT molecular complexity index is 772. The van der Waals surface area contributed by atoms with Crippen molar-refractivity contribution in [3.05, 3.63) is 65.5 Å². The maximum absolute atomic E-state index is 13.0. The van der Waals surface area contributed by atoms with E-state index >= 15 is 0 Å². The Morgan fingerprint density at radius 1 is 1.09 bits per heavy atom. The van der Waals surface area contributed by atoms with Gasteiger partial charge in [-0.05, 0) is 36.8 Å². The standard InChI is InChI=1S/C17H18FNO3S/c1-13-2-8-16(9-3-13)23(20,21)19-10-11-22-17(12-19)14-4-6-15(18)7-5-14/h2-9,17H,10-12H2,1H3/t17-/m1/s1. The first-order valence-corrected chi connectivity index (χ1v) is 8.85. The van der Waals surface area contributed by atoms with Gasteiger partial charge in [0.1, 0.15) is 5.82 Å². The summed E-state index contributed by atoms with van der Waals surface area (Å²) in [4.78, 5) is 0.280. The van der Waals surface area contributed by atoms with Gasteiger partial charge in [0, 0.05) is 13.1 Å². The van der Waals surface area contributed by atoms with E-state index < -0.39 is 10.0 Å². The van der Waals surface area contributed by atoms with E-state index in [9.17, 15) is 12.8 Å². The van der Waals surface area contributed by atoms with Crippen molar-refractivity contribution < 1.29 is 17.5 Å². The Balaban J connectivity index is 1.82. The van der Waals surface area contributed by atoms with Gasteiger partial charge < -0.3 is 4.74 Å². The summed E-state index contributed by atoms with van der Waals surface area (Å²) in [7, 11) is -3.55. The molecule has 0 aliphatic carbocycles. The predicted molar refractivity (Wildman–Crippen MR) is 85.0 cm³/mol. The highest BCUT2D eigenvalue weighted by atomic mass is 32.2. The van der Waals surface area contributed by atoms with E-state index in [-0.39, 0.29) is 23.4 Å². The first-order chi connectivity index (χ1) is 11.0. The van der Waals surface area contributed by atoms with Crippen molar-refractivity contribution in [3.8, 4) is 0 Å². The zero-order chi connectivity index (χ0) is 16.4. The third-order valence-electron chi connectivity index (χ3n) is 3.93. The number of aryl methyl sites for hydroxylation is 1. The van der Waals surface area contributed by atoms with Crippen LogP contribution in [0.25, 0.3) is 0 Å². The third kappa shape index (κ3) is 3.44. The molecule has 0 N–H and O–H groups in total. The van der Waals surface area contributed by atoms with Gasteiger partial charge in [0.2, 0.25) is 10.0 Å². The van der Waals surface area contributed by atoms with Gasteiger partial charge in [0.05, 0.1) is 17.6 Å². The Hall–Kier alpha value is -1.76. The Morgan fingerprint density at radius 2 is 1.74 bits per heavy atom. The molecule has 122 valence electrons. The number of nitrogens with zero attached hydrogens (tertiary/aromatic N) is 1. The quantitative estimate of drug-likeness (QED) is 0.866. The van der Waals surface area contributed by atoms with E-state index in [1.54, 1.807) is 36.4 Å². The Morgan fingerprint density at radius 3 is 2.39 bits per heavy atom. The van der Waals surface area contributed by atoms with E-state index in [1.165, 1.54) is 16.4 Å². The van der Waals surface area contributed by atoms with Crippen molar-refractivity contribution in [1.29, 1.82) is 0 Å². The monoisotopic (exact) mass is 335 g/mol. The summed E-state index contributed by atoms with van der Waals surface area (Å²) in [5, 5.41) is 0. The molecule has 0 unspecified atom stereocenters. The minimum Gasteiger partial charge on any atom is -0.371 e. The van der Waals surface area contributed by atoms with Crippen LogP contribution in [0.2, 0.25) is 0 Å². The summed E-state index contributed by atoms with van der Waals surface area (Å²) in [6, 6.07) is 12.8. The predicted octanol–water partition coefficient (Wildman–Crippen LogP) is 2.90. The average Bonchev–Trinajstić information content (AvgIpc) is 2.56. The highest BCUT2D eigenvalue weighted by Crippen LogP contribution is 2.26. The van der Waals surface area contributed by atoms with E-state index in [0.29, 0.717) is 13.2 Å². The van der Waals surface area contributed by atoms with Gasteiger partial charge in [-0.2, -0.15) is 4.31 Å². The second kappa shape index (κ2) is 6.39. The second-order valence-electron chi connectivity index (χ2n) is 5.59. The van der Waals surface area contributed by atoms with Crippen LogP contribution in [-0.2, 0) is 14.8 Å². The molecule has 0 aromatic heterocycles. The number of sulfonamides is 1. The van der Waals surface area contributed by atoms with Crippen molar-refractivity contribution >= 4 is 10.0 Å². The number of rotatable bonds is 3. The van der Waals surface area contributed by atoms with Crippen molar-refractivity contribution in [3.63, 3.8) is 0 Å². The fraction of sp³-hybridized carbons (Fsp3) is 0.294. The summed E-state index contributed by atoms with van der Waals surface area (Å²) in [5.41, 5.74) is 1.78. The number of hydrogen-bond donors (Lipinski definition) is 0. The van der Waals surface area contributed by atoms with E-state index in [2.05, 4.69) is 0 Å². The lowest BCUT2D eigenvalue weighted by molar-refractivity contribution is -0.00258. The molecule has 0 spiro atoms. The van der Waals surface area contributed by atoms with Crippen molar-refractivity contribution in [2.45, 2.75) is 17.9 Å². The topological polar surface area (TPSA) is 46.6 Å². The summed E-state index contributed by atoms with van der Waals surface area (Å²) in [5.74, 6) is -0.325. The van der Waals surface area contributed by atoms with Crippen LogP contribution in [0.15, 0.2) is 53.4 Å². The van der Waals surface area contributed by atoms with Gasteiger partial charge in [-0.1, -0.05) is 29.8 Å². The molecule has 0 amide bonds. The molecular formula is C17H18FNO3S. The van der Waals surface area contributed by atoms with Gasteiger partial charge in [-0.25, -0.2) is 12.8 Å². The molecule has 23 heavy (non-hydrogen) atoms. The lowest BCUT2D eigenvalue weighted by Gasteiger charge is -2.32. The summed E-state index contributed by atoms with van der Waals surface area (Å²) < 4.78 is 45.6. The summed E-state index contributed by atoms with van der Waals surface area (Å²) >= 11 is 0. The molecule has 0 saturated carbocycles. The first kappa shape index (κ1) is 16.1. The molecule has 1 aliphatic heterocycles. The van der Waals surface area contributed by atoms with Crippen LogP contribution in [0.3, 0.4) is 0 Å². The van der Waals surface area contributed by atoms with E-state index in [4.69, 9.17) is 4.74 Å². The molecule has 2 aromatic carbocycles. The fourth-order valence-electron chi connectivity index (χ4n) is 2.58. The SMILES string of the molecule is Cc1ccc(S(=O)(=O)N2CCO[C@@H](c3ccc(F)cc3)C2)cc1. The smallest absolute Gasteiger partial charge is 0.243 e. The minimum atomic E-state index is -3.55. The van der Waals surface area contributed by atoms with Crippen LogP contribution in [0.1, 0.15) is 17.2 Å². The van der Waals surface area contributed by atoms with Gasteiger partial charge >= 0.3 is 0 Å². The second-order valence-corrected chi connectivity index (χ2v) is 7.53. The van der Waals surface area contributed by atoms with Crippen molar-refractivity contribution in [1.82, 2.24) is 4.31 Å². The number of morpholine rings is 1. The molecule has 0 radical (unpaired) electrons. The molecule has 1 heterocycles. The average molecular weight is 335 g/mol. The van der Waals surface area contributed by atoms with Crippen molar-refractivity contribution in [2.24, 2.45) is 0 Å². The van der Waals surface area contributed by atoms with Crippen LogP contribution in [0, 0.1) is 12.7 Å². The van der Waals surface area contributed by atoms with Gasteiger partial charge in [-0.15, -0.1) is 0 Å². The van der Waals surface area contributed by atoms with Crippen LogP contribution in [-0.4, -0.2) is 32.4 Å². The Labute approximate surface area is 135 Å². The van der Waals surface area contributed by atoms with Crippen molar-refractivity contribution in [2.75, 3.05) is 19.7 Å². The number of hydrogen-bond acceptors (Lipinski definition) is 3. The number of ether oxygens (including phenoxy) is 1. The number of benzene rings is 2. The molecule has 0 bridgehead atoms. The summed E-state index contributed by atoms with van der Waals surface area (Å²) in [6.45, 7) is 2.76. The molecule has 1 saturated heterocycles. The first-order valence-electron chi connectivity index (χ1n) is 7.41. The minimum absolute atomic E-state index is 0.224. The van der Waals surface area contributed by atoms with Crippen LogP contribution in [0.5, 0.6) is 0 Å². The zero-order valence-electron chi connectivity index (χ0n) is 12.8. The Kier molecular flexibility index (Phi) is 4.48. The molecule has 2 aromatic rings. The van der Waals surface area contributed by atoms with Gasteiger partial charge in [0.15, 0.2) is 0 Å². The largest absolute Gasteiger partial charge is 0.371 e.